The third kappa shape index (κ3) is 5.15. The Morgan fingerprint density at radius 1 is 1.04 bits per heavy atom. The molecule has 3 rings (SSSR count). The summed E-state index contributed by atoms with van der Waals surface area (Å²) in [4.78, 5) is 12.0. The molecule has 0 fully saturated rings. The van der Waals surface area contributed by atoms with Gasteiger partial charge in [-0.25, -0.2) is 0 Å². The Morgan fingerprint density at radius 3 is 2.62 bits per heavy atom. The Hall–Kier alpha value is -2.69. The van der Waals surface area contributed by atoms with Crippen LogP contribution in [0, 0.1) is 0 Å². The monoisotopic (exact) mass is 355 g/mol. The lowest BCUT2D eigenvalue weighted by atomic mass is 10.1. The van der Waals surface area contributed by atoms with Gasteiger partial charge in [-0.15, -0.1) is 0 Å². The van der Waals surface area contributed by atoms with Crippen LogP contribution in [0.2, 0.25) is 0 Å². The minimum Gasteiger partial charge on any atom is -0.494 e. The molecule has 1 amide bonds. The van der Waals surface area contributed by atoms with Crippen molar-refractivity contribution in [1.82, 2.24) is 5.32 Å². The zero-order valence-electron chi connectivity index (χ0n) is 15.1. The maximum Gasteiger partial charge on any atom is 0.231 e. The van der Waals surface area contributed by atoms with Gasteiger partial charge in [0.05, 0.1) is 6.61 Å². The molecule has 26 heavy (non-hydrogen) atoms. The SMILES string of the molecule is CCOc1ccc(CCCNC(=O)CCc2ccc3c(c2)OCO3)cc1. The van der Waals surface area contributed by atoms with Gasteiger partial charge in [0.25, 0.3) is 0 Å². The highest BCUT2D eigenvalue weighted by atomic mass is 16.7. The van der Waals surface area contributed by atoms with Gasteiger partial charge >= 0.3 is 0 Å². The van der Waals surface area contributed by atoms with Crippen LogP contribution >= 0.6 is 0 Å². The van der Waals surface area contributed by atoms with Crippen LogP contribution in [-0.4, -0.2) is 25.9 Å². The number of ether oxygens (including phenoxy) is 3. The highest BCUT2D eigenvalue weighted by Crippen LogP contribution is 2.32. The average Bonchev–Trinajstić information content (AvgIpc) is 3.13. The maximum absolute atomic E-state index is 12.0. The van der Waals surface area contributed by atoms with Crippen molar-refractivity contribution in [2.75, 3.05) is 19.9 Å². The molecule has 0 bridgehead atoms. The second-order valence-electron chi connectivity index (χ2n) is 6.22. The standard InChI is InChI=1S/C21H25NO4/c1-2-24-18-9-5-16(6-10-18)4-3-13-22-21(23)12-8-17-7-11-19-20(14-17)26-15-25-19/h5-7,9-11,14H,2-4,8,12-13,15H2,1H3,(H,22,23). The van der Waals surface area contributed by atoms with Crippen molar-refractivity contribution in [3.05, 3.63) is 53.6 Å². The van der Waals surface area contributed by atoms with Gasteiger partial charge in [-0.1, -0.05) is 18.2 Å². The van der Waals surface area contributed by atoms with E-state index in [-0.39, 0.29) is 12.7 Å². The fourth-order valence-electron chi connectivity index (χ4n) is 2.88. The molecule has 0 saturated carbocycles. The molecular weight excluding hydrogens is 330 g/mol. The first kappa shape index (κ1) is 18.1. The molecule has 2 aromatic carbocycles. The number of carbonyl (C=O) groups excluding carboxylic acids is 1. The van der Waals surface area contributed by atoms with Gasteiger partial charge in [0.1, 0.15) is 5.75 Å². The summed E-state index contributed by atoms with van der Waals surface area (Å²) >= 11 is 0. The van der Waals surface area contributed by atoms with Gasteiger partial charge < -0.3 is 19.5 Å². The third-order valence-electron chi connectivity index (χ3n) is 4.28. The van der Waals surface area contributed by atoms with Crippen molar-refractivity contribution < 1.29 is 19.0 Å². The van der Waals surface area contributed by atoms with Crippen molar-refractivity contribution in [3.8, 4) is 17.2 Å². The van der Waals surface area contributed by atoms with Gasteiger partial charge in [0.2, 0.25) is 12.7 Å². The first-order valence-corrected chi connectivity index (χ1v) is 9.11. The van der Waals surface area contributed by atoms with E-state index in [1.807, 2.05) is 37.3 Å². The lowest BCUT2D eigenvalue weighted by molar-refractivity contribution is -0.121. The van der Waals surface area contributed by atoms with Crippen molar-refractivity contribution in [2.45, 2.75) is 32.6 Å². The highest BCUT2D eigenvalue weighted by molar-refractivity contribution is 5.76. The Bertz CT molecular complexity index is 727. The fraction of sp³-hybridized carbons (Fsp3) is 0.381. The Labute approximate surface area is 154 Å². The van der Waals surface area contributed by atoms with Crippen LogP contribution in [0.5, 0.6) is 17.2 Å². The largest absolute Gasteiger partial charge is 0.494 e. The summed E-state index contributed by atoms with van der Waals surface area (Å²) in [7, 11) is 0. The highest BCUT2D eigenvalue weighted by Gasteiger charge is 2.13. The van der Waals surface area contributed by atoms with Crippen molar-refractivity contribution in [2.24, 2.45) is 0 Å². The zero-order valence-corrected chi connectivity index (χ0v) is 15.1. The number of carbonyl (C=O) groups is 1. The number of hydrogen-bond acceptors (Lipinski definition) is 4. The number of nitrogens with one attached hydrogen (secondary N) is 1. The lowest BCUT2D eigenvalue weighted by Gasteiger charge is -2.07. The Morgan fingerprint density at radius 2 is 1.81 bits per heavy atom. The van der Waals surface area contributed by atoms with E-state index in [1.54, 1.807) is 0 Å². The molecule has 2 aromatic rings. The van der Waals surface area contributed by atoms with E-state index in [1.165, 1.54) is 5.56 Å². The minimum atomic E-state index is 0.0781. The first-order valence-electron chi connectivity index (χ1n) is 9.11. The molecule has 5 heteroatoms. The van der Waals surface area contributed by atoms with Gasteiger partial charge in [-0.2, -0.15) is 0 Å². The minimum absolute atomic E-state index is 0.0781. The normalized spacial score (nSPS) is 12.0. The molecule has 0 atom stereocenters. The number of benzene rings is 2. The summed E-state index contributed by atoms with van der Waals surface area (Å²) in [6.07, 6.45) is 3.03. The number of fused-ring (bicyclic) bond motifs is 1. The predicted octanol–water partition coefficient (Wildman–Crippen LogP) is 3.50. The van der Waals surface area contributed by atoms with Crippen molar-refractivity contribution in [3.63, 3.8) is 0 Å². The molecule has 5 nitrogen and oxygen atoms in total. The zero-order chi connectivity index (χ0) is 18.2. The summed E-state index contributed by atoms with van der Waals surface area (Å²) in [5.74, 6) is 2.51. The van der Waals surface area contributed by atoms with E-state index in [0.29, 0.717) is 26.0 Å². The van der Waals surface area contributed by atoms with Crippen LogP contribution < -0.4 is 19.5 Å². The second-order valence-corrected chi connectivity index (χ2v) is 6.22. The van der Waals surface area contributed by atoms with E-state index >= 15 is 0 Å². The van der Waals surface area contributed by atoms with Gasteiger partial charge in [0, 0.05) is 13.0 Å². The number of rotatable bonds is 9. The van der Waals surface area contributed by atoms with Crippen molar-refractivity contribution >= 4 is 5.91 Å². The molecule has 1 heterocycles. The van der Waals surface area contributed by atoms with Gasteiger partial charge in [-0.05, 0) is 61.6 Å². The molecule has 0 saturated heterocycles. The van der Waals surface area contributed by atoms with Gasteiger partial charge in [0.15, 0.2) is 11.5 Å². The molecule has 1 N–H and O–H groups in total. The quantitative estimate of drug-likeness (QED) is 0.700. The second kappa shape index (κ2) is 9.13. The topological polar surface area (TPSA) is 56.8 Å². The van der Waals surface area contributed by atoms with Crippen LogP contribution in [0.4, 0.5) is 0 Å². The summed E-state index contributed by atoms with van der Waals surface area (Å²) in [5, 5.41) is 2.99. The Balaban J connectivity index is 1.33. The maximum atomic E-state index is 12.0. The van der Waals surface area contributed by atoms with Crippen LogP contribution in [0.15, 0.2) is 42.5 Å². The molecule has 0 aromatic heterocycles. The van der Waals surface area contributed by atoms with E-state index in [2.05, 4.69) is 17.4 Å². The van der Waals surface area contributed by atoms with Crippen LogP contribution in [0.3, 0.4) is 0 Å². The molecular formula is C21H25NO4. The van der Waals surface area contributed by atoms with E-state index in [4.69, 9.17) is 14.2 Å². The van der Waals surface area contributed by atoms with E-state index < -0.39 is 0 Å². The predicted molar refractivity (Wildman–Crippen MR) is 99.8 cm³/mol. The molecule has 138 valence electrons. The summed E-state index contributed by atoms with van der Waals surface area (Å²) in [6, 6.07) is 13.9. The van der Waals surface area contributed by atoms with Crippen LogP contribution in [0.25, 0.3) is 0 Å². The lowest BCUT2D eigenvalue weighted by Crippen LogP contribution is -2.24. The number of amides is 1. The first-order chi connectivity index (χ1) is 12.7. The van der Waals surface area contributed by atoms with Gasteiger partial charge in [-0.3, -0.25) is 4.79 Å². The molecule has 0 radical (unpaired) electrons. The van der Waals surface area contributed by atoms with E-state index in [9.17, 15) is 4.79 Å². The summed E-state index contributed by atoms with van der Waals surface area (Å²) in [5.41, 5.74) is 2.34. The van der Waals surface area contributed by atoms with Crippen LogP contribution in [0.1, 0.15) is 30.9 Å². The third-order valence-corrected chi connectivity index (χ3v) is 4.28. The Kier molecular flexibility index (Phi) is 6.36. The molecule has 0 aliphatic carbocycles. The molecule has 0 spiro atoms. The average molecular weight is 355 g/mol. The fourth-order valence-corrected chi connectivity index (χ4v) is 2.88. The summed E-state index contributed by atoms with van der Waals surface area (Å²) < 4.78 is 16.1. The van der Waals surface area contributed by atoms with Crippen LogP contribution in [-0.2, 0) is 17.6 Å². The number of aryl methyl sites for hydroxylation is 2. The smallest absolute Gasteiger partial charge is 0.231 e. The molecule has 1 aliphatic heterocycles. The van der Waals surface area contributed by atoms with E-state index in [0.717, 1.165) is 35.7 Å². The summed E-state index contributed by atoms with van der Waals surface area (Å²) in [6.45, 7) is 3.61. The molecule has 0 unspecified atom stereocenters. The van der Waals surface area contributed by atoms with Crippen molar-refractivity contribution in [1.29, 1.82) is 0 Å². The molecule has 1 aliphatic rings. The number of hydrogen-bond donors (Lipinski definition) is 1.